The van der Waals surface area contributed by atoms with Gasteiger partial charge in [-0.05, 0) is 5.56 Å². The fraction of sp³-hybridized carbons (Fsp3) is 0.273. The molecule has 0 bridgehead atoms. The molecule has 0 aliphatic heterocycles. The van der Waals surface area contributed by atoms with E-state index in [0.717, 1.165) is 11.6 Å². The SMILES string of the molecule is COc1ccc(CNC/C=C/C(=O)O)cn1. The lowest BCUT2D eigenvalue weighted by Gasteiger charge is -2.02. The van der Waals surface area contributed by atoms with E-state index in [9.17, 15) is 4.79 Å². The van der Waals surface area contributed by atoms with Gasteiger partial charge in [-0.25, -0.2) is 9.78 Å². The van der Waals surface area contributed by atoms with Crippen LogP contribution < -0.4 is 10.1 Å². The number of rotatable bonds is 6. The first-order chi connectivity index (χ1) is 7.72. The number of aromatic nitrogens is 1. The molecular formula is C11H14N2O3. The molecule has 0 radical (unpaired) electrons. The largest absolute Gasteiger partial charge is 0.481 e. The van der Waals surface area contributed by atoms with Crippen LogP contribution in [0.25, 0.3) is 0 Å². The Morgan fingerprint density at radius 2 is 2.44 bits per heavy atom. The van der Waals surface area contributed by atoms with Gasteiger partial charge in [0.15, 0.2) is 0 Å². The zero-order valence-electron chi connectivity index (χ0n) is 9.01. The Hall–Kier alpha value is -1.88. The molecule has 0 aromatic carbocycles. The molecule has 1 aromatic rings. The van der Waals surface area contributed by atoms with E-state index in [4.69, 9.17) is 9.84 Å². The summed E-state index contributed by atoms with van der Waals surface area (Å²) in [5.41, 5.74) is 1.02. The van der Waals surface area contributed by atoms with Gasteiger partial charge in [-0.2, -0.15) is 0 Å². The van der Waals surface area contributed by atoms with Crippen LogP contribution in [0.2, 0.25) is 0 Å². The van der Waals surface area contributed by atoms with Gasteiger partial charge in [0.2, 0.25) is 5.88 Å². The number of pyridine rings is 1. The molecule has 0 unspecified atom stereocenters. The van der Waals surface area contributed by atoms with E-state index < -0.39 is 5.97 Å². The molecule has 1 rings (SSSR count). The summed E-state index contributed by atoms with van der Waals surface area (Å²) in [7, 11) is 1.57. The van der Waals surface area contributed by atoms with Gasteiger partial charge in [-0.1, -0.05) is 12.1 Å². The molecule has 0 saturated carbocycles. The van der Waals surface area contributed by atoms with Gasteiger partial charge in [0.1, 0.15) is 0 Å². The summed E-state index contributed by atoms with van der Waals surface area (Å²) < 4.78 is 4.93. The molecule has 0 aliphatic rings. The summed E-state index contributed by atoms with van der Waals surface area (Å²) in [5, 5.41) is 11.4. The van der Waals surface area contributed by atoms with Crippen molar-refractivity contribution in [2.45, 2.75) is 6.54 Å². The highest BCUT2D eigenvalue weighted by Gasteiger charge is 1.94. The van der Waals surface area contributed by atoms with Gasteiger partial charge < -0.3 is 15.2 Å². The van der Waals surface area contributed by atoms with Crippen molar-refractivity contribution in [3.05, 3.63) is 36.0 Å². The van der Waals surface area contributed by atoms with Gasteiger partial charge in [0.05, 0.1) is 7.11 Å². The molecule has 0 spiro atoms. The predicted molar refractivity (Wildman–Crippen MR) is 59.3 cm³/mol. The topological polar surface area (TPSA) is 71.5 Å². The maximum absolute atomic E-state index is 10.2. The number of nitrogens with zero attached hydrogens (tertiary/aromatic N) is 1. The average Bonchev–Trinajstić information content (AvgIpc) is 2.29. The highest BCUT2D eigenvalue weighted by atomic mass is 16.5. The monoisotopic (exact) mass is 222 g/mol. The number of carboxylic acids is 1. The highest BCUT2D eigenvalue weighted by Crippen LogP contribution is 2.05. The number of aliphatic carboxylic acids is 1. The summed E-state index contributed by atoms with van der Waals surface area (Å²) in [4.78, 5) is 14.2. The van der Waals surface area contributed by atoms with E-state index in [1.54, 1.807) is 25.4 Å². The van der Waals surface area contributed by atoms with Crippen molar-refractivity contribution in [3.8, 4) is 5.88 Å². The van der Waals surface area contributed by atoms with Gasteiger partial charge in [0, 0.05) is 31.4 Å². The first-order valence-corrected chi connectivity index (χ1v) is 4.81. The smallest absolute Gasteiger partial charge is 0.328 e. The van der Waals surface area contributed by atoms with E-state index in [-0.39, 0.29) is 0 Å². The lowest BCUT2D eigenvalue weighted by molar-refractivity contribution is -0.131. The molecule has 0 amide bonds. The van der Waals surface area contributed by atoms with Crippen LogP contribution in [-0.2, 0) is 11.3 Å². The minimum atomic E-state index is -0.937. The Balaban J connectivity index is 2.29. The second-order valence-corrected chi connectivity index (χ2v) is 3.08. The minimum Gasteiger partial charge on any atom is -0.481 e. The second kappa shape index (κ2) is 6.58. The average molecular weight is 222 g/mol. The molecule has 86 valence electrons. The van der Waals surface area contributed by atoms with Crippen LogP contribution in [0.1, 0.15) is 5.56 Å². The maximum atomic E-state index is 10.2. The third-order valence-electron chi connectivity index (χ3n) is 1.86. The van der Waals surface area contributed by atoms with Crippen molar-refractivity contribution >= 4 is 5.97 Å². The van der Waals surface area contributed by atoms with Crippen molar-refractivity contribution < 1.29 is 14.6 Å². The maximum Gasteiger partial charge on any atom is 0.328 e. The summed E-state index contributed by atoms with van der Waals surface area (Å²) in [6.07, 6.45) is 4.38. The standard InChI is InChI=1S/C11H14N2O3/c1-16-10-5-4-9(8-13-10)7-12-6-2-3-11(14)15/h2-5,8,12H,6-7H2,1H3,(H,14,15)/b3-2+. The van der Waals surface area contributed by atoms with Crippen LogP contribution in [0.15, 0.2) is 30.5 Å². The molecule has 2 N–H and O–H groups in total. The van der Waals surface area contributed by atoms with E-state index in [1.165, 1.54) is 0 Å². The van der Waals surface area contributed by atoms with Crippen LogP contribution in [0.5, 0.6) is 5.88 Å². The molecule has 16 heavy (non-hydrogen) atoms. The molecule has 1 heterocycles. The zero-order chi connectivity index (χ0) is 11.8. The molecule has 5 nitrogen and oxygen atoms in total. The first kappa shape index (κ1) is 12.2. The number of carbonyl (C=O) groups is 1. The van der Waals surface area contributed by atoms with Crippen molar-refractivity contribution in [3.63, 3.8) is 0 Å². The number of carboxylic acid groups (broad SMARTS) is 1. The number of hydrogen-bond acceptors (Lipinski definition) is 4. The number of methoxy groups -OCH3 is 1. The fourth-order valence-corrected chi connectivity index (χ4v) is 1.10. The Morgan fingerprint density at radius 3 is 3.00 bits per heavy atom. The minimum absolute atomic E-state index is 0.512. The molecule has 5 heteroatoms. The van der Waals surface area contributed by atoms with E-state index in [2.05, 4.69) is 10.3 Å². The normalized spacial score (nSPS) is 10.6. The molecule has 0 fully saturated rings. The Kier molecular flexibility index (Phi) is 5.01. The summed E-state index contributed by atoms with van der Waals surface area (Å²) in [6, 6.07) is 3.68. The molecule has 0 aliphatic carbocycles. The number of hydrogen-bond donors (Lipinski definition) is 2. The van der Waals surface area contributed by atoms with E-state index >= 15 is 0 Å². The van der Waals surface area contributed by atoms with Crippen molar-refractivity contribution in [2.24, 2.45) is 0 Å². The summed E-state index contributed by atoms with van der Waals surface area (Å²) in [5.74, 6) is -0.359. The predicted octanol–water partition coefficient (Wildman–Crippen LogP) is 0.821. The van der Waals surface area contributed by atoms with Crippen LogP contribution >= 0.6 is 0 Å². The fourth-order valence-electron chi connectivity index (χ4n) is 1.10. The van der Waals surface area contributed by atoms with Gasteiger partial charge in [-0.15, -0.1) is 0 Å². The number of nitrogens with one attached hydrogen (secondary N) is 1. The van der Waals surface area contributed by atoms with Crippen LogP contribution in [0.3, 0.4) is 0 Å². The first-order valence-electron chi connectivity index (χ1n) is 4.81. The quantitative estimate of drug-likeness (QED) is 0.550. The second-order valence-electron chi connectivity index (χ2n) is 3.08. The molecule has 1 aromatic heterocycles. The Bertz CT molecular complexity index is 360. The van der Waals surface area contributed by atoms with E-state index in [0.29, 0.717) is 19.0 Å². The Morgan fingerprint density at radius 1 is 1.62 bits per heavy atom. The van der Waals surface area contributed by atoms with Crippen molar-refractivity contribution in [1.29, 1.82) is 0 Å². The highest BCUT2D eigenvalue weighted by molar-refractivity contribution is 5.79. The summed E-state index contributed by atoms with van der Waals surface area (Å²) >= 11 is 0. The Labute approximate surface area is 93.8 Å². The third-order valence-corrected chi connectivity index (χ3v) is 1.86. The van der Waals surface area contributed by atoms with Crippen LogP contribution in [0.4, 0.5) is 0 Å². The lowest BCUT2D eigenvalue weighted by atomic mass is 10.3. The van der Waals surface area contributed by atoms with E-state index in [1.807, 2.05) is 6.07 Å². The third kappa shape index (κ3) is 4.56. The van der Waals surface area contributed by atoms with Gasteiger partial charge in [0.25, 0.3) is 0 Å². The van der Waals surface area contributed by atoms with Gasteiger partial charge in [-0.3, -0.25) is 0 Å². The molecule has 0 atom stereocenters. The number of ether oxygens (including phenoxy) is 1. The van der Waals surface area contributed by atoms with Crippen LogP contribution in [0, 0.1) is 0 Å². The zero-order valence-corrected chi connectivity index (χ0v) is 9.01. The molecular weight excluding hydrogens is 208 g/mol. The summed E-state index contributed by atoms with van der Waals surface area (Å²) in [6.45, 7) is 1.15. The van der Waals surface area contributed by atoms with Crippen molar-refractivity contribution in [1.82, 2.24) is 10.3 Å². The van der Waals surface area contributed by atoms with Crippen molar-refractivity contribution in [2.75, 3.05) is 13.7 Å². The van der Waals surface area contributed by atoms with Gasteiger partial charge >= 0.3 is 5.97 Å². The lowest BCUT2D eigenvalue weighted by Crippen LogP contribution is -2.13. The van der Waals surface area contributed by atoms with Crippen LogP contribution in [-0.4, -0.2) is 29.7 Å². The molecule has 0 saturated heterocycles.